The molecule has 0 radical (unpaired) electrons. The number of benzene rings is 1. The summed E-state index contributed by atoms with van der Waals surface area (Å²) in [5.74, 6) is 4.12. The summed E-state index contributed by atoms with van der Waals surface area (Å²) in [6.45, 7) is 1.04. The van der Waals surface area contributed by atoms with Gasteiger partial charge >= 0.3 is 0 Å². The van der Waals surface area contributed by atoms with Crippen LogP contribution in [0.1, 0.15) is 6.42 Å². The van der Waals surface area contributed by atoms with Crippen LogP contribution in [0.3, 0.4) is 0 Å². The van der Waals surface area contributed by atoms with Crippen molar-refractivity contribution < 1.29 is 4.74 Å². The number of thioether (sulfide) groups is 1. The minimum atomic E-state index is 0.685. The maximum Gasteiger partial charge on any atom is 0.143 e. The monoisotopic (exact) mass is 238 g/mol. The topological polar surface area (TPSA) is 47.3 Å². The molecule has 3 nitrogen and oxygen atoms in total. The molecule has 1 aromatic rings. The molecule has 1 aliphatic heterocycles. The lowest BCUT2D eigenvalue weighted by atomic mass is 10.1. The minimum Gasteiger partial charge on any atom is -0.495 e. The Kier molecular flexibility index (Phi) is 3.83. The molecule has 1 aliphatic rings. The van der Waals surface area contributed by atoms with E-state index in [1.54, 1.807) is 7.11 Å². The lowest BCUT2D eigenvalue weighted by Crippen LogP contribution is -2.13. The van der Waals surface area contributed by atoms with Crippen LogP contribution in [0.5, 0.6) is 5.75 Å². The van der Waals surface area contributed by atoms with Gasteiger partial charge in [0.15, 0.2) is 0 Å². The van der Waals surface area contributed by atoms with Crippen LogP contribution in [0, 0.1) is 5.92 Å². The standard InChI is InChI=1S/C12H18N2OS/c1-15-12-6-10(2-3-11(12)13)14-7-9-4-5-16-8-9/h2-3,6,9,14H,4-5,7-8,13H2,1H3. The second-order valence-corrected chi connectivity index (χ2v) is 5.22. The molecule has 0 bridgehead atoms. The second kappa shape index (κ2) is 5.34. The first-order chi connectivity index (χ1) is 7.79. The van der Waals surface area contributed by atoms with E-state index in [0.29, 0.717) is 5.69 Å². The smallest absolute Gasteiger partial charge is 0.143 e. The van der Waals surface area contributed by atoms with Crippen LogP contribution >= 0.6 is 11.8 Å². The number of methoxy groups -OCH3 is 1. The molecule has 16 heavy (non-hydrogen) atoms. The van der Waals surface area contributed by atoms with Crippen LogP contribution in [0.25, 0.3) is 0 Å². The van der Waals surface area contributed by atoms with Gasteiger partial charge < -0.3 is 15.8 Å². The van der Waals surface area contributed by atoms with Gasteiger partial charge in [-0.25, -0.2) is 0 Å². The molecular formula is C12H18N2OS. The van der Waals surface area contributed by atoms with Crippen LogP contribution in [-0.2, 0) is 0 Å². The fourth-order valence-corrected chi connectivity index (χ4v) is 3.11. The average molecular weight is 238 g/mol. The van der Waals surface area contributed by atoms with Gasteiger partial charge in [0, 0.05) is 18.3 Å². The maximum absolute atomic E-state index is 5.76. The molecule has 1 heterocycles. The number of anilines is 2. The molecule has 1 fully saturated rings. The molecule has 0 aliphatic carbocycles. The number of nitrogens with two attached hydrogens (primary N) is 1. The van der Waals surface area contributed by atoms with Crippen LogP contribution in [0.15, 0.2) is 18.2 Å². The Hall–Kier alpha value is -1.03. The van der Waals surface area contributed by atoms with Crippen molar-refractivity contribution in [2.45, 2.75) is 6.42 Å². The largest absolute Gasteiger partial charge is 0.495 e. The van der Waals surface area contributed by atoms with Gasteiger partial charge in [-0.3, -0.25) is 0 Å². The zero-order chi connectivity index (χ0) is 11.4. The summed E-state index contributed by atoms with van der Waals surface area (Å²) in [5.41, 5.74) is 7.53. The molecule has 0 amide bonds. The molecule has 88 valence electrons. The Balaban J connectivity index is 1.93. The molecule has 0 aromatic heterocycles. The number of ether oxygens (including phenoxy) is 1. The van der Waals surface area contributed by atoms with E-state index in [9.17, 15) is 0 Å². The van der Waals surface area contributed by atoms with E-state index in [1.165, 1.54) is 17.9 Å². The molecule has 4 heteroatoms. The van der Waals surface area contributed by atoms with Gasteiger partial charge in [0.25, 0.3) is 0 Å². The van der Waals surface area contributed by atoms with Crippen molar-refractivity contribution in [1.29, 1.82) is 0 Å². The summed E-state index contributed by atoms with van der Waals surface area (Å²) in [6, 6.07) is 5.84. The van der Waals surface area contributed by atoms with E-state index in [2.05, 4.69) is 5.32 Å². The van der Waals surface area contributed by atoms with E-state index >= 15 is 0 Å². The number of rotatable bonds is 4. The third kappa shape index (κ3) is 2.76. The van der Waals surface area contributed by atoms with Gasteiger partial charge in [0.1, 0.15) is 5.75 Å². The molecule has 1 unspecified atom stereocenters. The molecule has 1 aromatic carbocycles. The van der Waals surface area contributed by atoms with E-state index in [1.807, 2.05) is 30.0 Å². The minimum absolute atomic E-state index is 0.685. The Morgan fingerprint density at radius 3 is 3.12 bits per heavy atom. The molecule has 0 saturated carbocycles. The molecule has 0 spiro atoms. The summed E-state index contributed by atoms with van der Waals surface area (Å²) >= 11 is 2.04. The van der Waals surface area contributed by atoms with Crippen molar-refractivity contribution in [2.75, 3.05) is 36.2 Å². The fourth-order valence-electron chi connectivity index (χ4n) is 1.83. The lowest BCUT2D eigenvalue weighted by molar-refractivity contribution is 0.417. The predicted molar refractivity (Wildman–Crippen MR) is 71.3 cm³/mol. The molecule has 2 rings (SSSR count). The van der Waals surface area contributed by atoms with Gasteiger partial charge in [-0.1, -0.05) is 0 Å². The van der Waals surface area contributed by atoms with E-state index < -0.39 is 0 Å². The van der Waals surface area contributed by atoms with Crippen molar-refractivity contribution in [3.05, 3.63) is 18.2 Å². The SMILES string of the molecule is COc1cc(NCC2CCSC2)ccc1N. The van der Waals surface area contributed by atoms with Crippen molar-refractivity contribution >= 4 is 23.1 Å². The lowest BCUT2D eigenvalue weighted by Gasteiger charge is -2.13. The Labute approximate surface area is 101 Å². The summed E-state index contributed by atoms with van der Waals surface area (Å²) in [5, 5.41) is 3.44. The molecular weight excluding hydrogens is 220 g/mol. The first-order valence-corrected chi connectivity index (χ1v) is 6.70. The number of nitrogens with one attached hydrogen (secondary N) is 1. The quantitative estimate of drug-likeness (QED) is 0.791. The van der Waals surface area contributed by atoms with Crippen molar-refractivity contribution in [3.8, 4) is 5.75 Å². The van der Waals surface area contributed by atoms with E-state index in [-0.39, 0.29) is 0 Å². The third-order valence-electron chi connectivity index (χ3n) is 2.85. The van der Waals surface area contributed by atoms with Crippen molar-refractivity contribution in [3.63, 3.8) is 0 Å². The highest BCUT2D eigenvalue weighted by Crippen LogP contribution is 2.27. The predicted octanol–water partition coefficient (Wildman–Crippen LogP) is 2.44. The van der Waals surface area contributed by atoms with Gasteiger partial charge in [-0.15, -0.1) is 0 Å². The van der Waals surface area contributed by atoms with Crippen molar-refractivity contribution in [2.24, 2.45) is 5.92 Å². The zero-order valence-electron chi connectivity index (χ0n) is 9.53. The highest BCUT2D eigenvalue weighted by Gasteiger charge is 2.14. The first-order valence-electron chi connectivity index (χ1n) is 5.54. The maximum atomic E-state index is 5.76. The first kappa shape index (κ1) is 11.5. The molecule has 3 N–H and O–H groups in total. The van der Waals surface area contributed by atoms with Gasteiger partial charge in [-0.2, -0.15) is 11.8 Å². The van der Waals surface area contributed by atoms with Crippen LogP contribution in [0.2, 0.25) is 0 Å². The van der Waals surface area contributed by atoms with Crippen LogP contribution < -0.4 is 15.8 Å². The van der Waals surface area contributed by atoms with Crippen LogP contribution in [-0.4, -0.2) is 25.2 Å². The number of nitrogen functional groups attached to an aromatic ring is 1. The number of hydrogen-bond acceptors (Lipinski definition) is 4. The Morgan fingerprint density at radius 1 is 1.56 bits per heavy atom. The van der Waals surface area contributed by atoms with Crippen molar-refractivity contribution in [1.82, 2.24) is 0 Å². The Morgan fingerprint density at radius 2 is 2.44 bits per heavy atom. The number of hydrogen-bond donors (Lipinski definition) is 2. The summed E-state index contributed by atoms with van der Waals surface area (Å²) < 4.78 is 5.19. The zero-order valence-corrected chi connectivity index (χ0v) is 10.3. The third-order valence-corrected chi connectivity index (χ3v) is 4.08. The van der Waals surface area contributed by atoms with Crippen LogP contribution in [0.4, 0.5) is 11.4 Å². The second-order valence-electron chi connectivity index (χ2n) is 4.07. The molecule has 1 saturated heterocycles. The normalized spacial score (nSPS) is 19.7. The Bertz CT molecular complexity index is 351. The summed E-state index contributed by atoms with van der Waals surface area (Å²) in [7, 11) is 1.64. The average Bonchev–Trinajstić information content (AvgIpc) is 2.81. The van der Waals surface area contributed by atoms with Gasteiger partial charge in [0.2, 0.25) is 0 Å². The summed E-state index contributed by atoms with van der Waals surface area (Å²) in [4.78, 5) is 0. The highest BCUT2D eigenvalue weighted by atomic mass is 32.2. The molecule has 1 atom stereocenters. The fraction of sp³-hybridized carbons (Fsp3) is 0.500. The van der Waals surface area contributed by atoms with E-state index in [0.717, 1.165) is 23.9 Å². The van der Waals surface area contributed by atoms with Gasteiger partial charge in [0.05, 0.1) is 12.8 Å². The highest BCUT2D eigenvalue weighted by molar-refractivity contribution is 7.99. The van der Waals surface area contributed by atoms with Gasteiger partial charge in [-0.05, 0) is 36.0 Å². The summed E-state index contributed by atoms with van der Waals surface area (Å²) in [6.07, 6.45) is 1.32. The van der Waals surface area contributed by atoms with E-state index in [4.69, 9.17) is 10.5 Å².